The van der Waals surface area contributed by atoms with E-state index in [-0.39, 0.29) is 18.8 Å². The van der Waals surface area contributed by atoms with Crippen LogP contribution < -0.4 is 14.8 Å². The number of pyridine rings is 1. The molecule has 172 valence electrons. The largest absolute Gasteiger partial charge is 0.586 e. The smallest absolute Gasteiger partial charge is 0.395 e. The van der Waals surface area contributed by atoms with Crippen LogP contribution in [0.4, 0.5) is 14.6 Å². The van der Waals surface area contributed by atoms with Crippen LogP contribution in [-0.2, 0) is 10.2 Å². The van der Waals surface area contributed by atoms with E-state index in [9.17, 15) is 13.6 Å². The average Bonchev–Trinajstić information content (AvgIpc) is 3.52. The first-order valence-electron chi connectivity index (χ1n) is 11.0. The maximum absolute atomic E-state index is 13.4. The predicted octanol–water partition coefficient (Wildman–Crippen LogP) is 6.42. The maximum Gasteiger partial charge on any atom is 0.586 e. The van der Waals surface area contributed by atoms with Gasteiger partial charge in [0.15, 0.2) is 11.5 Å². The van der Waals surface area contributed by atoms with Gasteiger partial charge in [0.05, 0.1) is 11.1 Å². The lowest BCUT2D eigenvalue weighted by Crippen LogP contribution is -2.28. The van der Waals surface area contributed by atoms with Crippen molar-refractivity contribution >= 4 is 11.7 Å². The highest BCUT2D eigenvalue weighted by molar-refractivity contribution is 6.01. The zero-order valence-electron chi connectivity index (χ0n) is 18.6. The minimum atomic E-state index is -3.69. The van der Waals surface area contributed by atoms with Crippen molar-refractivity contribution < 1.29 is 24.5 Å². The minimum absolute atomic E-state index is 0. The Morgan fingerprint density at radius 2 is 1.82 bits per heavy atom. The molecule has 2 heterocycles. The number of fused-ring (bicyclic) bond motifs is 1. The van der Waals surface area contributed by atoms with E-state index in [2.05, 4.69) is 40.8 Å². The number of halogens is 2. The van der Waals surface area contributed by atoms with E-state index in [1.54, 1.807) is 12.1 Å². The molecule has 5 rings (SSSR count). The van der Waals surface area contributed by atoms with Gasteiger partial charge in [-0.05, 0) is 66.6 Å². The van der Waals surface area contributed by atoms with Crippen molar-refractivity contribution in [2.45, 2.75) is 51.2 Å². The number of aryl methyl sites for hydroxylation is 1. The fraction of sp³-hybridized carbons (Fsp3) is 0.308. The summed E-state index contributed by atoms with van der Waals surface area (Å²) in [6.45, 7) is 6.27. The topological polar surface area (TPSA) is 60.5 Å². The second-order valence-corrected chi connectivity index (χ2v) is 9.01. The number of carbonyl (C=O) groups excluding carboxylic acids is 1. The second kappa shape index (κ2) is 7.54. The van der Waals surface area contributed by atoms with Gasteiger partial charge in [-0.25, -0.2) is 4.98 Å². The first-order chi connectivity index (χ1) is 15.7. The number of benzene rings is 2. The molecule has 33 heavy (non-hydrogen) atoms. The molecule has 0 spiro atoms. The molecular formula is C26H26F2N2O3. The van der Waals surface area contributed by atoms with E-state index in [4.69, 9.17) is 4.98 Å². The van der Waals surface area contributed by atoms with Gasteiger partial charge in [0, 0.05) is 6.99 Å². The van der Waals surface area contributed by atoms with Crippen molar-refractivity contribution in [1.29, 1.82) is 0 Å². The molecule has 1 aromatic heterocycles. The van der Waals surface area contributed by atoms with Crippen LogP contribution in [0, 0.1) is 6.92 Å². The number of nitrogens with zero attached hydrogens (tertiary/aromatic N) is 1. The van der Waals surface area contributed by atoms with Crippen LogP contribution in [0.15, 0.2) is 54.6 Å². The Morgan fingerprint density at radius 1 is 1.06 bits per heavy atom. The minimum Gasteiger partial charge on any atom is -0.395 e. The molecule has 0 unspecified atom stereocenters. The van der Waals surface area contributed by atoms with Crippen molar-refractivity contribution in [3.8, 4) is 22.8 Å². The van der Waals surface area contributed by atoms with E-state index >= 15 is 0 Å². The molecule has 1 aliphatic heterocycles. The zero-order valence-corrected chi connectivity index (χ0v) is 18.6. The van der Waals surface area contributed by atoms with E-state index in [0.717, 1.165) is 16.8 Å². The van der Waals surface area contributed by atoms with Crippen LogP contribution in [0.3, 0.4) is 0 Å². The summed E-state index contributed by atoms with van der Waals surface area (Å²) in [6.07, 6.45) is -2.46. The lowest BCUT2D eigenvalue weighted by atomic mass is 9.94. The molecule has 2 aliphatic rings. The number of carbonyl (C=O) groups is 1. The summed E-state index contributed by atoms with van der Waals surface area (Å²) < 4.78 is 35.8. The van der Waals surface area contributed by atoms with Gasteiger partial charge in [0.2, 0.25) is 5.91 Å². The van der Waals surface area contributed by atoms with E-state index in [1.165, 1.54) is 17.7 Å². The van der Waals surface area contributed by atoms with Gasteiger partial charge < -0.3 is 14.8 Å². The van der Waals surface area contributed by atoms with Gasteiger partial charge in [-0.15, -0.1) is 8.78 Å². The molecule has 0 saturated heterocycles. The number of nitrogens with one attached hydrogen (secondary N) is 1. The summed E-state index contributed by atoms with van der Waals surface area (Å²) >= 11 is 0. The molecule has 7 heteroatoms. The molecular weight excluding hydrogens is 426 g/mol. The Bertz CT molecular complexity index is 1260. The highest BCUT2D eigenvalue weighted by Crippen LogP contribution is 2.52. The van der Waals surface area contributed by atoms with Crippen molar-refractivity contribution in [1.82, 2.24) is 4.98 Å². The summed E-state index contributed by atoms with van der Waals surface area (Å²) in [6, 6.07) is 16.5. The predicted molar refractivity (Wildman–Crippen MR) is 123 cm³/mol. The molecule has 0 atom stereocenters. The quantitative estimate of drug-likeness (QED) is 0.485. The number of hydrogen-bond donors (Lipinski definition) is 1. The Morgan fingerprint density at radius 3 is 2.55 bits per heavy atom. The van der Waals surface area contributed by atoms with Crippen LogP contribution in [0.25, 0.3) is 11.3 Å². The highest BCUT2D eigenvalue weighted by Gasteiger charge is 2.53. The summed E-state index contributed by atoms with van der Waals surface area (Å²) in [5.74, 6) is 0.538. The Hall–Kier alpha value is -3.48. The SMILES string of the molecule is Cc1ccc(NC(=O)C2(c3ccc4c(c3)OC(F)(F)O4)CC2)nc1-c1cccc(C(C)C)c1.[HH]. The monoisotopic (exact) mass is 452 g/mol. The first-order valence-corrected chi connectivity index (χ1v) is 11.0. The van der Waals surface area contributed by atoms with Gasteiger partial charge in [0.25, 0.3) is 0 Å². The van der Waals surface area contributed by atoms with Gasteiger partial charge in [-0.1, -0.05) is 44.2 Å². The van der Waals surface area contributed by atoms with Crippen LogP contribution in [0.1, 0.15) is 50.7 Å². The lowest BCUT2D eigenvalue weighted by molar-refractivity contribution is -0.286. The Kier molecular flexibility index (Phi) is 4.88. The van der Waals surface area contributed by atoms with E-state index in [0.29, 0.717) is 30.1 Å². The highest BCUT2D eigenvalue weighted by atomic mass is 19.3. The molecule has 0 radical (unpaired) electrons. The Balaban J connectivity index is 0.00000274. The number of alkyl halides is 2. The molecule has 3 aromatic rings. The lowest BCUT2D eigenvalue weighted by Gasteiger charge is -2.17. The van der Waals surface area contributed by atoms with Crippen molar-refractivity contribution in [2.75, 3.05) is 5.32 Å². The number of ether oxygens (including phenoxy) is 2. The van der Waals surface area contributed by atoms with E-state index < -0.39 is 11.7 Å². The van der Waals surface area contributed by atoms with Crippen molar-refractivity contribution in [3.05, 3.63) is 71.3 Å². The second-order valence-electron chi connectivity index (χ2n) is 9.01. The van der Waals surface area contributed by atoms with Gasteiger partial charge in [-0.2, -0.15) is 0 Å². The van der Waals surface area contributed by atoms with Crippen LogP contribution in [0.2, 0.25) is 0 Å². The number of amides is 1. The first kappa shape index (κ1) is 21.4. The fourth-order valence-electron chi connectivity index (χ4n) is 4.19. The molecule has 1 N–H and O–H groups in total. The maximum atomic E-state index is 13.4. The zero-order chi connectivity index (χ0) is 23.4. The summed E-state index contributed by atoms with van der Waals surface area (Å²) in [5, 5.41) is 2.93. The average molecular weight is 453 g/mol. The number of hydrogen-bond acceptors (Lipinski definition) is 4. The number of anilines is 1. The summed E-state index contributed by atoms with van der Waals surface area (Å²) in [7, 11) is 0. The molecule has 1 fully saturated rings. The molecule has 5 nitrogen and oxygen atoms in total. The van der Waals surface area contributed by atoms with Crippen molar-refractivity contribution in [2.24, 2.45) is 0 Å². The standard InChI is InChI=1S/C26H24F2N2O3.H2/c1-15(2)17-5-4-6-18(13-17)23-16(3)7-10-22(29-23)30-24(31)25(11-12-25)19-8-9-20-21(14-19)33-26(27,28)32-20;/h4-10,13-15H,11-12H2,1-3H3,(H,29,30,31);1H. The fourth-order valence-corrected chi connectivity index (χ4v) is 4.19. The van der Waals surface area contributed by atoms with Crippen LogP contribution in [-0.4, -0.2) is 17.2 Å². The molecule has 0 bridgehead atoms. The van der Waals surface area contributed by atoms with E-state index in [1.807, 2.05) is 25.1 Å². The van der Waals surface area contributed by atoms with Crippen LogP contribution >= 0.6 is 0 Å². The Labute approximate surface area is 192 Å². The van der Waals surface area contributed by atoms with Gasteiger partial charge >= 0.3 is 6.29 Å². The molecule has 2 aromatic carbocycles. The normalized spacial score (nSPS) is 17.2. The third-order valence-corrected chi connectivity index (χ3v) is 6.30. The van der Waals surface area contributed by atoms with Crippen LogP contribution in [0.5, 0.6) is 11.5 Å². The van der Waals surface area contributed by atoms with Crippen molar-refractivity contribution in [3.63, 3.8) is 0 Å². The molecule has 1 amide bonds. The van der Waals surface area contributed by atoms with Gasteiger partial charge in [-0.3, -0.25) is 4.79 Å². The van der Waals surface area contributed by atoms with Gasteiger partial charge in [0.1, 0.15) is 5.82 Å². The number of rotatable bonds is 5. The molecule has 1 aliphatic carbocycles. The molecule has 1 saturated carbocycles. The summed E-state index contributed by atoms with van der Waals surface area (Å²) in [4.78, 5) is 17.9. The number of aromatic nitrogens is 1. The summed E-state index contributed by atoms with van der Waals surface area (Å²) in [5.41, 5.74) is 3.86. The third-order valence-electron chi connectivity index (χ3n) is 6.30. The third kappa shape index (κ3) is 3.92.